The molecule has 1 amide bonds. The van der Waals surface area contributed by atoms with Crippen LogP contribution in [0.3, 0.4) is 0 Å². The summed E-state index contributed by atoms with van der Waals surface area (Å²) in [6, 6.07) is 5.37. The van der Waals surface area contributed by atoms with Gasteiger partial charge in [-0.25, -0.2) is 0 Å². The maximum absolute atomic E-state index is 11.7. The Kier molecular flexibility index (Phi) is 4.96. The molecule has 0 aliphatic heterocycles. The topological polar surface area (TPSA) is 49.8 Å². The third kappa shape index (κ3) is 3.44. The molecule has 94 valence electrons. The minimum Gasteiger partial charge on any atom is -0.479 e. The van der Waals surface area contributed by atoms with Crippen molar-refractivity contribution in [3.05, 3.63) is 28.2 Å². The Labute approximate surface area is 109 Å². The maximum Gasteiger partial charge on any atom is 0.262 e. The first-order valence-electron chi connectivity index (χ1n) is 5.23. The second-order valence-electron chi connectivity index (χ2n) is 3.88. The molecule has 0 fully saturated rings. The number of halogens is 1. The monoisotopic (exact) mass is 301 g/mol. The number of rotatable bonds is 4. The van der Waals surface area contributed by atoms with Crippen LogP contribution in [0, 0.1) is 0 Å². The molecule has 4 nitrogen and oxygen atoms in total. The maximum atomic E-state index is 11.7. The van der Waals surface area contributed by atoms with Gasteiger partial charge in [-0.05, 0) is 28.9 Å². The van der Waals surface area contributed by atoms with Gasteiger partial charge in [0.15, 0.2) is 6.10 Å². The summed E-state index contributed by atoms with van der Waals surface area (Å²) in [5, 5.41) is 9.21. The first-order chi connectivity index (χ1) is 7.97. The van der Waals surface area contributed by atoms with E-state index in [1.807, 2.05) is 0 Å². The quantitative estimate of drug-likeness (QED) is 0.922. The smallest absolute Gasteiger partial charge is 0.262 e. The number of benzene rings is 1. The number of carbonyl (C=O) groups is 1. The van der Waals surface area contributed by atoms with E-state index in [0.717, 1.165) is 4.47 Å². The molecule has 5 heteroatoms. The van der Waals surface area contributed by atoms with E-state index < -0.39 is 6.10 Å². The molecule has 17 heavy (non-hydrogen) atoms. The Bertz CT molecular complexity index is 407. The second kappa shape index (κ2) is 6.02. The molecule has 1 atom stereocenters. The molecule has 0 aromatic heterocycles. The molecule has 0 spiro atoms. The van der Waals surface area contributed by atoms with E-state index in [-0.39, 0.29) is 12.5 Å². The fraction of sp³-hybridized carbons (Fsp3) is 0.417. The number of carbonyl (C=O) groups excluding carboxylic acids is 1. The van der Waals surface area contributed by atoms with Gasteiger partial charge in [-0.3, -0.25) is 4.79 Å². The highest BCUT2D eigenvalue weighted by Gasteiger charge is 2.19. The molecule has 1 unspecified atom stereocenters. The molecule has 1 aromatic rings. The fourth-order valence-electron chi connectivity index (χ4n) is 1.40. The first-order valence-corrected chi connectivity index (χ1v) is 6.02. The SMILES string of the molecule is CC(Oc1c(Br)cccc1CO)C(=O)N(C)C. The van der Waals surface area contributed by atoms with Crippen LogP contribution in [0.2, 0.25) is 0 Å². The van der Waals surface area contributed by atoms with Crippen molar-refractivity contribution in [2.75, 3.05) is 14.1 Å². The third-order valence-electron chi connectivity index (χ3n) is 2.30. The lowest BCUT2D eigenvalue weighted by Gasteiger charge is -2.20. The van der Waals surface area contributed by atoms with E-state index in [4.69, 9.17) is 4.74 Å². The Morgan fingerprint density at radius 1 is 1.53 bits per heavy atom. The van der Waals surface area contributed by atoms with Crippen molar-refractivity contribution in [2.24, 2.45) is 0 Å². The number of hydrogen-bond donors (Lipinski definition) is 1. The van der Waals surface area contributed by atoms with Crippen molar-refractivity contribution in [1.29, 1.82) is 0 Å². The normalized spacial score (nSPS) is 12.1. The van der Waals surface area contributed by atoms with E-state index in [2.05, 4.69) is 15.9 Å². The van der Waals surface area contributed by atoms with Gasteiger partial charge in [0.05, 0.1) is 11.1 Å². The van der Waals surface area contributed by atoms with Crippen LogP contribution >= 0.6 is 15.9 Å². The van der Waals surface area contributed by atoms with Crippen LogP contribution in [-0.2, 0) is 11.4 Å². The summed E-state index contributed by atoms with van der Waals surface area (Å²) in [7, 11) is 3.35. The van der Waals surface area contributed by atoms with E-state index in [9.17, 15) is 9.90 Å². The van der Waals surface area contributed by atoms with Crippen molar-refractivity contribution in [2.45, 2.75) is 19.6 Å². The van der Waals surface area contributed by atoms with Crippen molar-refractivity contribution >= 4 is 21.8 Å². The van der Waals surface area contributed by atoms with Gasteiger partial charge < -0.3 is 14.7 Å². The summed E-state index contributed by atoms with van der Waals surface area (Å²) < 4.78 is 6.32. The van der Waals surface area contributed by atoms with Crippen LogP contribution in [0.15, 0.2) is 22.7 Å². The molecule has 0 aliphatic carbocycles. The van der Waals surface area contributed by atoms with Gasteiger partial charge in [0.2, 0.25) is 0 Å². The van der Waals surface area contributed by atoms with Crippen molar-refractivity contribution < 1.29 is 14.6 Å². The Balaban J connectivity index is 2.91. The molecule has 0 saturated carbocycles. The second-order valence-corrected chi connectivity index (χ2v) is 4.73. The zero-order valence-corrected chi connectivity index (χ0v) is 11.7. The lowest BCUT2D eigenvalue weighted by atomic mass is 10.2. The van der Waals surface area contributed by atoms with Gasteiger partial charge in [0, 0.05) is 19.7 Å². The van der Waals surface area contributed by atoms with Crippen LogP contribution in [0.25, 0.3) is 0 Å². The summed E-state index contributed by atoms with van der Waals surface area (Å²) in [5.74, 6) is 0.391. The summed E-state index contributed by atoms with van der Waals surface area (Å²) in [6.07, 6.45) is -0.589. The first kappa shape index (κ1) is 14.0. The highest BCUT2D eigenvalue weighted by atomic mass is 79.9. The predicted molar refractivity (Wildman–Crippen MR) is 68.8 cm³/mol. The Morgan fingerprint density at radius 3 is 2.71 bits per heavy atom. The summed E-state index contributed by atoms with van der Waals surface area (Å²) in [6.45, 7) is 1.56. The fourth-order valence-corrected chi connectivity index (χ4v) is 1.90. The van der Waals surface area contributed by atoms with E-state index in [1.54, 1.807) is 39.2 Å². The highest BCUT2D eigenvalue weighted by Crippen LogP contribution is 2.30. The van der Waals surface area contributed by atoms with Crippen LogP contribution < -0.4 is 4.74 Å². The van der Waals surface area contributed by atoms with Gasteiger partial charge in [0.1, 0.15) is 5.75 Å². The molecular formula is C12H16BrNO3. The van der Waals surface area contributed by atoms with Crippen molar-refractivity contribution in [3.63, 3.8) is 0 Å². The van der Waals surface area contributed by atoms with Gasteiger partial charge in [-0.1, -0.05) is 12.1 Å². The summed E-state index contributed by atoms with van der Waals surface area (Å²) in [5.41, 5.74) is 0.651. The van der Waals surface area contributed by atoms with Gasteiger partial charge >= 0.3 is 0 Å². The molecule has 0 radical (unpaired) electrons. The van der Waals surface area contributed by atoms with Gasteiger partial charge in [0.25, 0.3) is 5.91 Å². The van der Waals surface area contributed by atoms with Crippen LogP contribution in [0.1, 0.15) is 12.5 Å². The van der Waals surface area contributed by atoms with Gasteiger partial charge in [-0.2, -0.15) is 0 Å². The zero-order valence-electron chi connectivity index (χ0n) is 10.1. The van der Waals surface area contributed by atoms with Crippen LogP contribution in [0.4, 0.5) is 0 Å². The predicted octanol–water partition coefficient (Wildman–Crippen LogP) is 1.80. The number of para-hydroxylation sites is 1. The number of aliphatic hydroxyl groups excluding tert-OH is 1. The summed E-state index contributed by atoms with van der Waals surface area (Å²) in [4.78, 5) is 13.2. The lowest BCUT2D eigenvalue weighted by Crippen LogP contribution is -2.35. The molecule has 1 aromatic carbocycles. The number of ether oxygens (including phenoxy) is 1. The van der Waals surface area contributed by atoms with Crippen LogP contribution in [-0.4, -0.2) is 36.1 Å². The number of amides is 1. The molecule has 0 aliphatic rings. The molecule has 1 rings (SSSR count). The zero-order chi connectivity index (χ0) is 13.0. The highest BCUT2D eigenvalue weighted by molar-refractivity contribution is 9.10. The number of likely N-dealkylation sites (N-methyl/N-ethyl adjacent to an activating group) is 1. The Hall–Kier alpha value is -1.07. The lowest BCUT2D eigenvalue weighted by molar-refractivity contribution is -0.135. The van der Waals surface area contributed by atoms with Crippen molar-refractivity contribution in [3.8, 4) is 5.75 Å². The largest absolute Gasteiger partial charge is 0.479 e. The minimum atomic E-state index is -0.589. The molecular weight excluding hydrogens is 286 g/mol. The average Bonchev–Trinajstić information content (AvgIpc) is 2.30. The van der Waals surface area contributed by atoms with E-state index in [0.29, 0.717) is 11.3 Å². The van der Waals surface area contributed by atoms with E-state index >= 15 is 0 Å². The van der Waals surface area contributed by atoms with Crippen molar-refractivity contribution in [1.82, 2.24) is 4.90 Å². The molecule has 1 N–H and O–H groups in total. The number of nitrogens with zero attached hydrogens (tertiary/aromatic N) is 1. The molecule has 0 heterocycles. The van der Waals surface area contributed by atoms with Crippen LogP contribution in [0.5, 0.6) is 5.75 Å². The number of aliphatic hydroxyl groups is 1. The Morgan fingerprint density at radius 2 is 2.18 bits per heavy atom. The minimum absolute atomic E-state index is 0.121. The van der Waals surface area contributed by atoms with Gasteiger partial charge in [-0.15, -0.1) is 0 Å². The average molecular weight is 302 g/mol. The third-order valence-corrected chi connectivity index (χ3v) is 2.93. The molecule has 0 bridgehead atoms. The summed E-state index contributed by atoms with van der Waals surface area (Å²) >= 11 is 3.34. The van der Waals surface area contributed by atoms with E-state index in [1.165, 1.54) is 4.90 Å². The number of hydrogen-bond acceptors (Lipinski definition) is 3. The standard InChI is InChI=1S/C12H16BrNO3/c1-8(12(16)14(2)3)17-11-9(7-15)5-4-6-10(11)13/h4-6,8,15H,7H2,1-3H3. The molecule has 0 saturated heterocycles.